The maximum absolute atomic E-state index is 13.3. The van der Waals surface area contributed by atoms with Gasteiger partial charge in [0.05, 0.1) is 16.3 Å². The van der Waals surface area contributed by atoms with Gasteiger partial charge in [0.2, 0.25) is 5.91 Å². The Morgan fingerprint density at radius 3 is 2.26 bits per heavy atom. The van der Waals surface area contributed by atoms with Crippen molar-refractivity contribution in [1.82, 2.24) is 0 Å². The second-order valence-corrected chi connectivity index (χ2v) is 9.27. The van der Waals surface area contributed by atoms with Gasteiger partial charge in [-0.05, 0) is 41.7 Å². The summed E-state index contributed by atoms with van der Waals surface area (Å²) in [5.74, 6) is -0.893. The van der Waals surface area contributed by atoms with E-state index in [0.717, 1.165) is 12.1 Å². The maximum atomic E-state index is 13.3. The summed E-state index contributed by atoms with van der Waals surface area (Å²) >= 11 is 6.37. The summed E-state index contributed by atoms with van der Waals surface area (Å²) in [6.07, 6.45) is -3.66. The molecule has 1 unspecified atom stereocenters. The molecule has 2 aliphatic rings. The Balaban J connectivity index is 1.86. The number of allylic oxidation sites excluding steroid dienone is 2. The van der Waals surface area contributed by atoms with E-state index >= 15 is 0 Å². The highest BCUT2D eigenvalue weighted by atomic mass is 35.5. The van der Waals surface area contributed by atoms with E-state index in [-0.39, 0.29) is 23.5 Å². The summed E-state index contributed by atoms with van der Waals surface area (Å²) in [6.45, 7) is 3.93. The van der Waals surface area contributed by atoms with Gasteiger partial charge in [0.25, 0.3) is 0 Å². The fourth-order valence-electron chi connectivity index (χ4n) is 4.52. The molecule has 31 heavy (non-hydrogen) atoms. The Hall–Kier alpha value is -2.60. The highest BCUT2D eigenvalue weighted by Crippen LogP contribution is 2.49. The van der Waals surface area contributed by atoms with Gasteiger partial charge >= 0.3 is 6.18 Å². The zero-order chi connectivity index (χ0) is 22.6. The first-order chi connectivity index (χ1) is 14.5. The number of carbonyl (C=O) groups excluding carboxylic acids is 2. The van der Waals surface area contributed by atoms with Gasteiger partial charge in [0, 0.05) is 30.0 Å². The number of amides is 1. The number of para-hydroxylation sites is 1. The average molecular weight is 448 g/mol. The summed E-state index contributed by atoms with van der Waals surface area (Å²) in [4.78, 5) is 28.0. The van der Waals surface area contributed by atoms with Crippen molar-refractivity contribution < 1.29 is 22.8 Å². The molecule has 4 rings (SSSR count). The quantitative estimate of drug-likeness (QED) is 0.525. The standard InChI is InChI=1S/C24H21ClF3NO2/c1-23(2)12-19-22(20(30)13-23)16(14-7-9-15(10-8-14)24(26,27)28)11-21(31)29(19)18-6-4-3-5-17(18)25/h3-10,16H,11-13H2,1-2H3. The molecule has 1 aliphatic carbocycles. The fraction of sp³-hybridized carbons (Fsp3) is 0.333. The minimum atomic E-state index is -4.45. The lowest BCUT2D eigenvalue weighted by Gasteiger charge is -2.43. The third-order valence-electron chi connectivity index (χ3n) is 5.88. The van der Waals surface area contributed by atoms with Gasteiger partial charge in [-0.3, -0.25) is 14.5 Å². The minimum Gasteiger partial charge on any atom is -0.294 e. The fourth-order valence-corrected chi connectivity index (χ4v) is 4.74. The zero-order valence-electron chi connectivity index (χ0n) is 17.1. The van der Waals surface area contributed by atoms with Gasteiger partial charge in [0.15, 0.2) is 5.78 Å². The molecule has 0 bridgehead atoms. The van der Waals surface area contributed by atoms with E-state index in [2.05, 4.69) is 0 Å². The van der Waals surface area contributed by atoms with Crippen LogP contribution in [0.3, 0.4) is 0 Å². The molecule has 2 aromatic carbocycles. The molecule has 0 aromatic heterocycles. The van der Waals surface area contributed by atoms with Crippen LogP contribution in [0.1, 0.15) is 50.2 Å². The molecule has 1 aliphatic heterocycles. The summed E-state index contributed by atoms with van der Waals surface area (Å²) in [5.41, 5.74) is 1.02. The van der Waals surface area contributed by atoms with Crippen LogP contribution in [0.4, 0.5) is 18.9 Å². The molecule has 1 heterocycles. The number of halogens is 4. The predicted molar refractivity (Wildman–Crippen MR) is 113 cm³/mol. The Kier molecular flexibility index (Phi) is 5.24. The molecule has 7 heteroatoms. The van der Waals surface area contributed by atoms with E-state index in [4.69, 9.17) is 11.6 Å². The predicted octanol–water partition coefficient (Wildman–Crippen LogP) is 6.52. The van der Waals surface area contributed by atoms with Crippen molar-refractivity contribution in [2.75, 3.05) is 4.90 Å². The molecule has 1 atom stereocenters. The van der Waals surface area contributed by atoms with Gasteiger partial charge in [-0.2, -0.15) is 13.2 Å². The van der Waals surface area contributed by atoms with Crippen molar-refractivity contribution in [1.29, 1.82) is 0 Å². The van der Waals surface area contributed by atoms with Gasteiger partial charge in [-0.1, -0.05) is 49.7 Å². The Morgan fingerprint density at radius 1 is 1.00 bits per heavy atom. The van der Waals surface area contributed by atoms with Crippen LogP contribution in [0.25, 0.3) is 0 Å². The number of hydrogen-bond acceptors (Lipinski definition) is 2. The van der Waals surface area contributed by atoms with Crippen molar-refractivity contribution >= 4 is 29.0 Å². The van der Waals surface area contributed by atoms with Gasteiger partial charge in [-0.25, -0.2) is 0 Å². The van der Waals surface area contributed by atoms with Crippen LogP contribution in [-0.2, 0) is 15.8 Å². The van der Waals surface area contributed by atoms with Crippen LogP contribution in [0.15, 0.2) is 59.8 Å². The second kappa shape index (κ2) is 7.52. The van der Waals surface area contributed by atoms with Crippen molar-refractivity contribution in [3.8, 4) is 0 Å². The Labute approximate surface area is 183 Å². The maximum Gasteiger partial charge on any atom is 0.416 e. The molecule has 162 valence electrons. The molecule has 0 N–H and O–H groups in total. The minimum absolute atomic E-state index is 0.0123. The number of benzene rings is 2. The normalized spacial score (nSPS) is 21.4. The van der Waals surface area contributed by atoms with Crippen LogP contribution in [0, 0.1) is 5.41 Å². The first kappa shape index (κ1) is 21.6. The van der Waals surface area contributed by atoms with E-state index in [1.165, 1.54) is 17.0 Å². The number of ketones is 1. The SMILES string of the molecule is CC1(C)CC(=O)C2=C(C1)N(c1ccccc1Cl)C(=O)CC2c1ccc(C(F)(F)F)cc1. The van der Waals surface area contributed by atoms with Crippen molar-refractivity contribution in [2.45, 2.75) is 45.2 Å². The lowest BCUT2D eigenvalue weighted by molar-refractivity contribution is -0.137. The molecule has 0 spiro atoms. The third-order valence-corrected chi connectivity index (χ3v) is 6.20. The molecule has 2 aromatic rings. The molecule has 0 radical (unpaired) electrons. The van der Waals surface area contributed by atoms with Crippen LogP contribution < -0.4 is 4.90 Å². The lowest BCUT2D eigenvalue weighted by Crippen LogP contribution is -2.43. The monoisotopic (exact) mass is 447 g/mol. The number of hydrogen-bond donors (Lipinski definition) is 0. The zero-order valence-corrected chi connectivity index (χ0v) is 17.8. The van der Waals surface area contributed by atoms with E-state index < -0.39 is 17.7 Å². The van der Waals surface area contributed by atoms with Crippen molar-refractivity contribution in [3.05, 3.63) is 76.0 Å². The number of anilines is 1. The Bertz CT molecular complexity index is 1090. The Morgan fingerprint density at radius 2 is 1.65 bits per heavy atom. The molecule has 0 saturated heterocycles. The molecule has 0 fully saturated rings. The molecule has 3 nitrogen and oxygen atoms in total. The third kappa shape index (κ3) is 4.01. The summed E-state index contributed by atoms with van der Waals surface area (Å²) in [6, 6.07) is 11.7. The number of rotatable bonds is 2. The van der Waals surface area contributed by atoms with Gasteiger partial charge < -0.3 is 0 Å². The number of alkyl halides is 3. The van der Waals surface area contributed by atoms with E-state index in [0.29, 0.717) is 40.4 Å². The molecule has 0 saturated carbocycles. The van der Waals surface area contributed by atoms with Crippen LogP contribution in [0.2, 0.25) is 5.02 Å². The summed E-state index contributed by atoms with van der Waals surface area (Å²) in [7, 11) is 0. The van der Waals surface area contributed by atoms with Crippen LogP contribution in [0.5, 0.6) is 0 Å². The van der Waals surface area contributed by atoms with Gasteiger partial charge in [0.1, 0.15) is 0 Å². The van der Waals surface area contributed by atoms with Crippen LogP contribution >= 0.6 is 11.6 Å². The largest absolute Gasteiger partial charge is 0.416 e. The average Bonchev–Trinajstić information content (AvgIpc) is 2.67. The highest BCUT2D eigenvalue weighted by Gasteiger charge is 2.44. The van der Waals surface area contributed by atoms with E-state index in [1.54, 1.807) is 24.3 Å². The molecular formula is C24H21ClF3NO2. The highest BCUT2D eigenvalue weighted by molar-refractivity contribution is 6.34. The number of nitrogens with zero attached hydrogens (tertiary/aromatic N) is 1. The van der Waals surface area contributed by atoms with E-state index in [1.807, 2.05) is 13.8 Å². The molecule has 1 amide bonds. The number of Topliss-reactive ketones (excluding diaryl/α,β-unsaturated/α-hetero) is 1. The van der Waals surface area contributed by atoms with E-state index in [9.17, 15) is 22.8 Å². The number of carbonyl (C=O) groups is 2. The topological polar surface area (TPSA) is 37.4 Å². The lowest BCUT2D eigenvalue weighted by atomic mass is 9.69. The smallest absolute Gasteiger partial charge is 0.294 e. The first-order valence-corrected chi connectivity index (χ1v) is 10.4. The molecular weight excluding hydrogens is 427 g/mol. The second-order valence-electron chi connectivity index (χ2n) is 8.86. The van der Waals surface area contributed by atoms with Crippen LogP contribution in [-0.4, -0.2) is 11.7 Å². The van der Waals surface area contributed by atoms with Gasteiger partial charge in [-0.15, -0.1) is 0 Å². The summed E-state index contributed by atoms with van der Waals surface area (Å²) < 4.78 is 38.9. The first-order valence-electron chi connectivity index (χ1n) is 9.99. The summed E-state index contributed by atoms with van der Waals surface area (Å²) in [5, 5.41) is 0.395. The van der Waals surface area contributed by atoms with Crippen molar-refractivity contribution in [3.63, 3.8) is 0 Å². The van der Waals surface area contributed by atoms with Crippen molar-refractivity contribution in [2.24, 2.45) is 5.41 Å².